The van der Waals surface area contributed by atoms with Crippen molar-refractivity contribution in [3.8, 4) is 11.8 Å². The summed E-state index contributed by atoms with van der Waals surface area (Å²) in [6.45, 7) is 1.50. The fourth-order valence-electron chi connectivity index (χ4n) is 3.73. The number of para-hydroxylation sites is 1. The molecule has 1 aliphatic heterocycles. The highest BCUT2D eigenvalue weighted by Crippen LogP contribution is 2.33. The molecular formula is C22H21N3O3. The highest BCUT2D eigenvalue weighted by Gasteiger charge is 2.32. The number of carbonyl (C=O) groups excluding carboxylic acids is 2. The molecule has 3 unspecified atom stereocenters. The molecule has 4 N–H and O–H groups in total. The molecule has 2 aliphatic rings. The van der Waals surface area contributed by atoms with Crippen LogP contribution in [0.2, 0.25) is 0 Å². The van der Waals surface area contributed by atoms with E-state index in [0.717, 1.165) is 18.5 Å². The maximum Gasteiger partial charge on any atom is 0.260 e. The number of nitrogens with one attached hydrogen (secondary N) is 3. The van der Waals surface area contributed by atoms with Gasteiger partial charge < -0.3 is 10.6 Å². The number of rotatable bonds is 6. The second-order valence-corrected chi connectivity index (χ2v) is 7.05. The smallest absolute Gasteiger partial charge is 0.260 e. The SMILES string of the molecule is O=C(NCCC1CNc2ccccc21)c1ccc(C2C#CC2C(=O)NO)cc1. The molecule has 2 aromatic carbocycles. The van der Waals surface area contributed by atoms with Gasteiger partial charge in [0.2, 0.25) is 0 Å². The van der Waals surface area contributed by atoms with E-state index in [4.69, 9.17) is 5.21 Å². The first kappa shape index (κ1) is 18.1. The summed E-state index contributed by atoms with van der Waals surface area (Å²) in [6, 6.07) is 15.4. The van der Waals surface area contributed by atoms with Crippen LogP contribution in [0.4, 0.5) is 5.69 Å². The number of hydrogen-bond acceptors (Lipinski definition) is 4. The Hall–Kier alpha value is -3.30. The minimum atomic E-state index is -0.549. The van der Waals surface area contributed by atoms with Crippen LogP contribution < -0.4 is 16.1 Å². The van der Waals surface area contributed by atoms with E-state index in [1.54, 1.807) is 17.6 Å². The summed E-state index contributed by atoms with van der Waals surface area (Å²) in [6.07, 6.45) is 0.878. The Labute approximate surface area is 163 Å². The second kappa shape index (κ2) is 7.75. The van der Waals surface area contributed by atoms with Crippen LogP contribution in [0.3, 0.4) is 0 Å². The van der Waals surface area contributed by atoms with Crippen molar-refractivity contribution < 1.29 is 14.8 Å². The van der Waals surface area contributed by atoms with E-state index in [1.807, 2.05) is 24.3 Å². The molecule has 0 bridgehead atoms. The third kappa shape index (κ3) is 3.45. The number of hydrogen-bond donors (Lipinski definition) is 4. The molecule has 0 saturated carbocycles. The van der Waals surface area contributed by atoms with Gasteiger partial charge in [0.05, 0.1) is 5.92 Å². The molecular weight excluding hydrogens is 354 g/mol. The normalized spacial score (nSPS) is 21.4. The molecule has 1 heterocycles. The molecule has 2 aromatic rings. The van der Waals surface area contributed by atoms with E-state index in [0.29, 0.717) is 18.0 Å². The van der Waals surface area contributed by atoms with Gasteiger partial charge >= 0.3 is 0 Å². The van der Waals surface area contributed by atoms with Crippen molar-refractivity contribution in [1.82, 2.24) is 10.8 Å². The van der Waals surface area contributed by atoms with E-state index in [-0.39, 0.29) is 11.8 Å². The van der Waals surface area contributed by atoms with Gasteiger partial charge in [0.15, 0.2) is 0 Å². The van der Waals surface area contributed by atoms with Gasteiger partial charge in [-0.15, -0.1) is 0 Å². The van der Waals surface area contributed by atoms with Crippen LogP contribution in [0, 0.1) is 17.8 Å². The van der Waals surface area contributed by atoms with Gasteiger partial charge in [-0.05, 0) is 35.7 Å². The van der Waals surface area contributed by atoms with E-state index >= 15 is 0 Å². The Morgan fingerprint density at radius 1 is 1.11 bits per heavy atom. The Balaban J connectivity index is 1.30. The third-order valence-electron chi connectivity index (χ3n) is 5.37. The Kier molecular flexibility index (Phi) is 5.00. The average molecular weight is 375 g/mol. The first-order valence-electron chi connectivity index (χ1n) is 9.33. The van der Waals surface area contributed by atoms with Crippen LogP contribution >= 0.6 is 0 Å². The number of amides is 2. The average Bonchev–Trinajstić information content (AvgIpc) is 3.11. The molecule has 4 rings (SSSR count). The number of carbonyl (C=O) groups is 2. The number of fused-ring (bicyclic) bond motifs is 1. The summed E-state index contributed by atoms with van der Waals surface area (Å²) in [4.78, 5) is 23.9. The lowest BCUT2D eigenvalue weighted by Gasteiger charge is -2.23. The van der Waals surface area contributed by atoms with Gasteiger partial charge in [0, 0.05) is 30.3 Å². The first-order chi connectivity index (χ1) is 13.7. The van der Waals surface area contributed by atoms with Crippen LogP contribution in [0.5, 0.6) is 0 Å². The van der Waals surface area contributed by atoms with Gasteiger partial charge in [-0.2, -0.15) is 0 Å². The van der Waals surface area contributed by atoms with Crippen molar-refractivity contribution in [2.24, 2.45) is 5.92 Å². The van der Waals surface area contributed by atoms with E-state index in [9.17, 15) is 9.59 Å². The molecule has 3 atom stereocenters. The fraction of sp³-hybridized carbons (Fsp3) is 0.273. The highest BCUT2D eigenvalue weighted by atomic mass is 16.5. The second-order valence-electron chi connectivity index (χ2n) is 7.05. The molecule has 28 heavy (non-hydrogen) atoms. The Bertz CT molecular complexity index is 959. The van der Waals surface area contributed by atoms with Crippen molar-refractivity contribution in [1.29, 1.82) is 0 Å². The van der Waals surface area contributed by atoms with Crippen molar-refractivity contribution in [2.45, 2.75) is 18.3 Å². The van der Waals surface area contributed by atoms with Gasteiger partial charge in [-0.1, -0.05) is 42.2 Å². The van der Waals surface area contributed by atoms with Crippen LogP contribution in [0.15, 0.2) is 48.5 Å². The Morgan fingerprint density at radius 3 is 2.61 bits per heavy atom. The molecule has 6 nitrogen and oxygen atoms in total. The lowest BCUT2D eigenvalue weighted by atomic mass is 9.79. The van der Waals surface area contributed by atoms with Crippen LogP contribution in [0.1, 0.15) is 39.7 Å². The third-order valence-corrected chi connectivity index (χ3v) is 5.37. The summed E-state index contributed by atoms with van der Waals surface area (Å²) < 4.78 is 0. The summed E-state index contributed by atoms with van der Waals surface area (Å²) in [7, 11) is 0. The van der Waals surface area contributed by atoms with Crippen LogP contribution in [-0.2, 0) is 4.79 Å². The van der Waals surface area contributed by atoms with Gasteiger partial charge in [0.1, 0.15) is 5.92 Å². The zero-order valence-corrected chi connectivity index (χ0v) is 15.2. The molecule has 142 valence electrons. The summed E-state index contributed by atoms with van der Waals surface area (Å²) in [5, 5.41) is 15.1. The van der Waals surface area contributed by atoms with E-state index in [2.05, 4.69) is 34.6 Å². The quantitative estimate of drug-likeness (QED) is 0.354. The molecule has 6 heteroatoms. The fourth-order valence-corrected chi connectivity index (χ4v) is 3.73. The standard InChI is InChI=1S/C22H21N3O3/c26-21(23-12-11-16-13-24-20-4-2-1-3-18(16)20)15-7-5-14(6-8-15)17-9-10-19(17)22(27)25-28/h1-8,16-17,19,24,28H,11-13H2,(H,23,26)(H,25,27). The van der Waals surface area contributed by atoms with Gasteiger partial charge in [-0.3, -0.25) is 14.8 Å². The zero-order chi connectivity index (χ0) is 19.5. The molecule has 0 saturated heterocycles. The molecule has 0 radical (unpaired) electrons. The first-order valence-corrected chi connectivity index (χ1v) is 9.33. The van der Waals surface area contributed by atoms with Gasteiger partial charge in [0.25, 0.3) is 11.8 Å². The Morgan fingerprint density at radius 2 is 1.89 bits per heavy atom. The predicted molar refractivity (Wildman–Crippen MR) is 105 cm³/mol. The molecule has 0 fully saturated rings. The highest BCUT2D eigenvalue weighted by molar-refractivity contribution is 5.94. The maximum absolute atomic E-state index is 12.4. The van der Waals surface area contributed by atoms with Crippen molar-refractivity contribution in [2.75, 3.05) is 18.4 Å². The van der Waals surface area contributed by atoms with Crippen molar-refractivity contribution >= 4 is 17.5 Å². The predicted octanol–water partition coefficient (Wildman–Crippen LogP) is 2.24. The zero-order valence-electron chi connectivity index (χ0n) is 15.2. The summed E-state index contributed by atoms with van der Waals surface area (Å²) in [5.74, 6) is 4.65. The lowest BCUT2D eigenvalue weighted by Crippen LogP contribution is -2.34. The van der Waals surface area contributed by atoms with Crippen molar-refractivity contribution in [3.05, 3.63) is 65.2 Å². The molecule has 0 aromatic heterocycles. The maximum atomic E-state index is 12.4. The molecule has 2 amide bonds. The number of benzene rings is 2. The van der Waals surface area contributed by atoms with Crippen LogP contribution in [0.25, 0.3) is 0 Å². The minimum absolute atomic E-state index is 0.116. The minimum Gasteiger partial charge on any atom is -0.384 e. The summed E-state index contributed by atoms with van der Waals surface area (Å²) >= 11 is 0. The number of anilines is 1. The largest absolute Gasteiger partial charge is 0.384 e. The number of hydroxylamine groups is 1. The monoisotopic (exact) mass is 375 g/mol. The molecule has 0 spiro atoms. The van der Waals surface area contributed by atoms with E-state index < -0.39 is 11.8 Å². The van der Waals surface area contributed by atoms with Crippen LogP contribution in [-0.4, -0.2) is 30.1 Å². The van der Waals surface area contributed by atoms with Crippen molar-refractivity contribution in [3.63, 3.8) is 0 Å². The lowest BCUT2D eigenvalue weighted by molar-refractivity contribution is -0.132. The topological polar surface area (TPSA) is 90.5 Å². The summed E-state index contributed by atoms with van der Waals surface area (Å²) in [5.41, 5.74) is 5.56. The van der Waals surface area contributed by atoms with Gasteiger partial charge in [-0.25, -0.2) is 5.48 Å². The molecule has 1 aliphatic carbocycles. The van der Waals surface area contributed by atoms with E-state index in [1.165, 1.54) is 11.3 Å².